The molecule has 3 rings (SSSR count). The molecule has 1 aliphatic heterocycles. The number of nitrogens with zero attached hydrogens (tertiary/aromatic N) is 3. The van der Waals surface area contributed by atoms with Crippen LogP contribution >= 0.6 is 11.6 Å². The third-order valence-corrected chi connectivity index (χ3v) is 4.47. The quantitative estimate of drug-likeness (QED) is 0.776. The summed E-state index contributed by atoms with van der Waals surface area (Å²) in [6, 6.07) is 4.84. The lowest BCUT2D eigenvalue weighted by atomic mass is 9.98. The van der Waals surface area contributed by atoms with Gasteiger partial charge in [0.05, 0.1) is 0 Å². The number of amides is 2. The lowest BCUT2D eigenvalue weighted by Gasteiger charge is -2.28. The Balaban J connectivity index is 1.79. The maximum absolute atomic E-state index is 12.5. The smallest absolute Gasteiger partial charge is 0.309 e. The van der Waals surface area contributed by atoms with Crippen LogP contribution in [0.25, 0.3) is 0 Å². The monoisotopic (exact) mass is 412 g/mol. The number of fused-ring (bicyclic) bond motifs is 1. The van der Waals surface area contributed by atoms with Crippen LogP contribution in [0, 0.1) is 0 Å². The molecular formula is C18H16ClF3N4O2. The van der Waals surface area contributed by atoms with Crippen LogP contribution in [0.15, 0.2) is 37.1 Å². The first-order chi connectivity index (χ1) is 13.2. The lowest BCUT2D eigenvalue weighted by Crippen LogP contribution is -2.34. The standard InChI is InChI=1S/C18H16ClF3N4O2/c1-2-15(27)26-7-3-4-11-8-12(5-6-14(11)26)17(28)23-16-13(19)9-25(24-16)10-18(20,21)22/h2,5-6,8-9H,1,3-4,7,10H2,(H,23,24,28). The van der Waals surface area contributed by atoms with Crippen LogP contribution in [0.3, 0.4) is 0 Å². The predicted octanol–water partition coefficient (Wildman–Crippen LogP) is 3.82. The van der Waals surface area contributed by atoms with Crippen molar-refractivity contribution in [2.24, 2.45) is 0 Å². The number of carbonyl (C=O) groups is 2. The molecule has 1 aromatic carbocycles. The number of nitrogens with one attached hydrogen (secondary N) is 1. The number of hydrogen-bond acceptors (Lipinski definition) is 3. The minimum Gasteiger partial charge on any atom is -0.309 e. The number of halogens is 4. The Bertz CT molecular complexity index is 939. The molecule has 6 nitrogen and oxygen atoms in total. The van der Waals surface area contributed by atoms with Crippen LogP contribution in [0.2, 0.25) is 5.02 Å². The SMILES string of the molecule is C=CC(=O)N1CCCc2cc(C(=O)Nc3nn(CC(F)(F)F)cc3Cl)ccc21. The molecule has 0 aliphatic carbocycles. The van der Waals surface area contributed by atoms with Crippen molar-refractivity contribution >= 4 is 34.9 Å². The molecule has 0 atom stereocenters. The van der Waals surface area contributed by atoms with Gasteiger partial charge in [-0.15, -0.1) is 0 Å². The number of alkyl halides is 3. The Kier molecular flexibility index (Phi) is 5.46. The van der Waals surface area contributed by atoms with Crippen molar-refractivity contribution in [2.75, 3.05) is 16.8 Å². The van der Waals surface area contributed by atoms with Gasteiger partial charge < -0.3 is 10.2 Å². The minimum atomic E-state index is -4.45. The second-order valence-corrected chi connectivity index (χ2v) is 6.64. The number of carbonyl (C=O) groups excluding carboxylic acids is 2. The summed E-state index contributed by atoms with van der Waals surface area (Å²) in [6.45, 7) is 2.74. The van der Waals surface area contributed by atoms with Gasteiger partial charge in [0.1, 0.15) is 11.6 Å². The summed E-state index contributed by atoms with van der Waals surface area (Å²) in [5.41, 5.74) is 1.82. The third-order valence-electron chi connectivity index (χ3n) is 4.19. The first-order valence-electron chi connectivity index (χ1n) is 8.36. The van der Waals surface area contributed by atoms with Crippen LogP contribution < -0.4 is 10.2 Å². The summed E-state index contributed by atoms with van der Waals surface area (Å²) in [5.74, 6) is -0.939. The van der Waals surface area contributed by atoms with E-state index in [0.717, 1.165) is 18.2 Å². The highest BCUT2D eigenvalue weighted by atomic mass is 35.5. The molecule has 2 aromatic rings. The van der Waals surface area contributed by atoms with Gasteiger partial charge >= 0.3 is 6.18 Å². The zero-order valence-corrected chi connectivity index (χ0v) is 15.3. The fourth-order valence-corrected chi connectivity index (χ4v) is 3.20. The van der Waals surface area contributed by atoms with E-state index in [0.29, 0.717) is 23.3 Å². The van der Waals surface area contributed by atoms with Crippen molar-refractivity contribution in [1.29, 1.82) is 0 Å². The maximum Gasteiger partial charge on any atom is 0.408 e. The highest BCUT2D eigenvalue weighted by Crippen LogP contribution is 2.29. The molecule has 0 fully saturated rings. The van der Waals surface area contributed by atoms with E-state index in [1.54, 1.807) is 17.0 Å². The number of hydrogen-bond donors (Lipinski definition) is 1. The number of aromatic nitrogens is 2. The van der Waals surface area contributed by atoms with Crippen LogP contribution in [0.4, 0.5) is 24.7 Å². The van der Waals surface area contributed by atoms with Gasteiger partial charge in [0.15, 0.2) is 5.82 Å². The fraction of sp³-hybridized carbons (Fsp3) is 0.278. The molecule has 1 aliphatic rings. The van der Waals surface area contributed by atoms with E-state index in [9.17, 15) is 22.8 Å². The Morgan fingerprint density at radius 1 is 1.36 bits per heavy atom. The Hall–Kier alpha value is -2.81. The van der Waals surface area contributed by atoms with E-state index in [1.165, 1.54) is 12.1 Å². The van der Waals surface area contributed by atoms with Crippen molar-refractivity contribution in [1.82, 2.24) is 9.78 Å². The van der Waals surface area contributed by atoms with E-state index < -0.39 is 18.6 Å². The molecule has 1 aromatic heterocycles. The van der Waals surface area contributed by atoms with Crippen LogP contribution in [-0.4, -0.2) is 34.3 Å². The van der Waals surface area contributed by atoms with Crippen LogP contribution in [0.5, 0.6) is 0 Å². The molecule has 0 bridgehead atoms. The van der Waals surface area contributed by atoms with Crippen LogP contribution in [0.1, 0.15) is 22.3 Å². The predicted molar refractivity (Wildman–Crippen MR) is 98.6 cm³/mol. The molecule has 2 amide bonds. The van der Waals surface area contributed by atoms with Gasteiger partial charge in [0.25, 0.3) is 5.91 Å². The number of rotatable bonds is 4. The van der Waals surface area contributed by atoms with Gasteiger partial charge in [-0.25, -0.2) is 0 Å². The van der Waals surface area contributed by atoms with Gasteiger partial charge in [-0.3, -0.25) is 14.3 Å². The summed E-state index contributed by atoms with van der Waals surface area (Å²) in [5, 5.41) is 5.98. The second-order valence-electron chi connectivity index (χ2n) is 6.23. The number of aryl methyl sites for hydroxylation is 1. The van der Waals surface area contributed by atoms with Gasteiger partial charge in [0.2, 0.25) is 5.91 Å². The van der Waals surface area contributed by atoms with Gasteiger partial charge in [-0.1, -0.05) is 18.2 Å². The van der Waals surface area contributed by atoms with Gasteiger partial charge in [0, 0.05) is 24.0 Å². The molecule has 28 heavy (non-hydrogen) atoms. The van der Waals surface area contributed by atoms with E-state index in [4.69, 9.17) is 11.6 Å². The maximum atomic E-state index is 12.5. The highest BCUT2D eigenvalue weighted by Gasteiger charge is 2.29. The molecule has 1 N–H and O–H groups in total. The fourth-order valence-electron chi connectivity index (χ4n) is 3.00. The Labute approximate surface area is 163 Å². The summed E-state index contributed by atoms with van der Waals surface area (Å²) in [4.78, 5) is 26.0. The summed E-state index contributed by atoms with van der Waals surface area (Å²) in [7, 11) is 0. The molecule has 0 unspecified atom stereocenters. The second kappa shape index (κ2) is 7.67. The van der Waals surface area contributed by atoms with E-state index in [-0.39, 0.29) is 22.3 Å². The third kappa shape index (κ3) is 4.36. The zero-order chi connectivity index (χ0) is 20.5. The minimum absolute atomic E-state index is 0.0988. The summed E-state index contributed by atoms with van der Waals surface area (Å²) in [6.07, 6.45) is -0.793. The largest absolute Gasteiger partial charge is 0.408 e. The molecule has 0 saturated carbocycles. The highest BCUT2D eigenvalue weighted by molar-refractivity contribution is 6.33. The van der Waals surface area contributed by atoms with Crippen molar-refractivity contribution in [3.8, 4) is 0 Å². The van der Waals surface area contributed by atoms with Gasteiger partial charge in [-0.05, 0) is 42.7 Å². The van der Waals surface area contributed by atoms with Crippen molar-refractivity contribution in [2.45, 2.75) is 25.6 Å². The van der Waals surface area contributed by atoms with Gasteiger partial charge in [-0.2, -0.15) is 18.3 Å². The molecule has 0 saturated heterocycles. The van der Waals surface area contributed by atoms with E-state index in [1.807, 2.05) is 0 Å². The molecular weight excluding hydrogens is 397 g/mol. The average molecular weight is 413 g/mol. The first-order valence-corrected chi connectivity index (χ1v) is 8.73. The topological polar surface area (TPSA) is 67.2 Å². The summed E-state index contributed by atoms with van der Waals surface area (Å²) < 4.78 is 38.0. The number of benzene rings is 1. The molecule has 10 heteroatoms. The average Bonchev–Trinajstić information content (AvgIpc) is 2.96. The Morgan fingerprint density at radius 3 is 2.79 bits per heavy atom. The van der Waals surface area contributed by atoms with Crippen molar-refractivity contribution in [3.63, 3.8) is 0 Å². The first kappa shape index (κ1) is 19.9. The van der Waals surface area contributed by atoms with E-state index in [2.05, 4.69) is 17.0 Å². The normalized spacial score (nSPS) is 13.8. The van der Waals surface area contributed by atoms with Crippen molar-refractivity contribution in [3.05, 3.63) is 53.2 Å². The molecule has 148 valence electrons. The summed E-state index contributed by atoms with van der Waals surface area (Å²) >= 11 is 5.87. The molecule has 2 heterocycles. The Morgan fingerprint density at radius 2 is 2.11 bits per heavy atom. The molecule has 0 radical (unpaired) electrons. The number of anilines is 2. The lowest BCUT2D eigenvalue weighted by molar-refractivity contribution is -0.142. The van der Waals surface area contributed by atoms with E-state index >= 15 is 0 Å². The van der Waals surface area contributed by atoms with Crippen molar-refractivity contribution < 1.29 is 22.8 Å². The van der Waals surface area contributed by atoms with Crippen LogP contribution in [-0.2, 0) is 17.8 Å². The molecule has 0 spiro atoms. The zero-order valence-electron chi connectivity index (χ0n) is 14.6.